The summed E-state index contributed by atoms with van der Waals surface area (Å²) in [5, 5.41) is 3.78. The van der Waals surface area contributed by atoms with Crippen LogP contribution in [0.15, 0.2) is 36.7 Å². The first kappa shape index (κ1) is 17.5. The molecule has 3 aromatic rings. The molecule has 2 bridgehead atoms. The van der Waals surface area contributed by atoms with E-state index >= 15 is 0 Å². The van der Waals surface area contributed by atoms with E-state index in [9.17, 15) is 4.79 Å². The molecule has 3 heterocycles. The first-order chi connectivity index (χ1) is 14.1. The second-order valence-corrected chi connectivity index (χ2v) is 10.4. The fraction of sp³-hybridized carbons (Fsp3) is 0.478. The van der Waals surface area contributed by atoms with Gasteiger partial charge in [0, 0.05) is 23.9 Å². The molecule has 1 amide bonds. The standard InChI is InChI=1S/C23H24N4OS/c1-23-11-13-8-15(10-16(12-23)17(23)9-13)20(28)27-22-26-19-3-2-18(25-21(19)29-22)14-4-6-24-7-5-14/h2-7,13,15-17H,8-12H2,1H3,(H,26,27,28). The molecule has 5 nitrogen and oxygen atoms in total. The van der Waals surface area contributed by atoms with E-state index in [1.807, 2.05) is 24.3 Å². The molecule has 29 heavy (non-hydrogen) atoms. The van der Waals surface area contributed by atoms with E-state index in [0.717, 1.165) is 52.2 Å². The number of nitrogens with zero attached hydrogens (tertiary/aromatic N) is 3. The summed E-state index contributed by atoms with van der Waals surface area (Å²) in [6, 6.07) is 7.84. The average molecular weight is 405 g/mol. The zero-order chi connectivity index (χ0) is 19.6. The quantitative estimate of drug-likeness (QED) is 0.655. The van der Waals surface area contributed by atoms with E-state index in [2.05, 4.69) is 22.2 Å². The van der Waals surface area contributed by atoms with Gasteiger partial charge in [-0.15, -0.1) is 0 Å². The number of amides is 1. The van der Waals surface area contributed by atoms with Crippen molar-refractivity contribution >= 4 is 32.7 Å². The maximum Gasteiger partial charge on any atom is 0.229 e. The predicted octanol–water partition coefficient (Wildman–Crippen LogP) is 5.15. The van der Waals surface area contributed by atoms with Crippen molar-refractivity contribution in [3.8, 4) is 11.3 Å². The van der Waals surface area contributed by atoms with Gasteiger partial charge in [0.15, 0.2) is 5.13 Å². The molecule has 3 fully saturated rings. The molecular weight excluding hydrogens is 380 g/mol. The van der Waals surface area contributed by atoms with Crippen molar-refractivity contribution in [1.29, 1.82) is 0 Å². The third kappa shape index (κ3) is 2.88. The Balaban J connectivity index is 1.20. The maximum atomic E-state index is 13.0. The number of carbonyl (C=O) groups is 1. The van der Waals surface area contributed by atoms with Crippen LogP contribution in [0.2, 0.25) is 0 Å². The van der Waals surface area contributed by atoms with Crippen LogP contribution in [0, 0.1) is 29.1 Å². The van der Waals surface area contributed by atoms with Crippen molar-refractivity contribution in [3.05, 3.63) is 36.7 Å². The van der Waals surface area contributed by atoms with Crippen LogP contribution < -0.4 is 5.32 Å². The van der Waals surface area contributed by atoms with Crippen LogP contribution in [0.3, 0.4) is 0 Å². The van der Waals surface area contributed by atoms with Gasteiger partial charge in [0.1, 0.15) is 10.3 Å². The second-order valence-electron chi connectivity index (χ2n) is 9.46. The maximum absolute atomic E-state index is 13.0. The monoisotopic (exact) mass is 404 g/mol. The highest BCUT2D eigenvalue weighted by Crippen LogP contribution is 2.66. The number of aromatic nitrogens is 3. The lowest BCUT2D eigenvalue weighted by Gasteiger charge is -2.51. The lowest BCUT2D eigenvalue weighted by molar-refractivity contribution is -0.122. The number of nitrogens with one attached hydrogen (secondary N) is 1. The summed E-state index contributed by atoms with van der Waals surface area (Å²) < 4.78 is 0. The van der Waals surface area contributed by atoms with Crippen LogP contribution in [0.25, 0.3) is 21.6 Å². The Morgan fingerprint density at radius 3 is 2.83 bits per heavy atom. The SMILES string of the molecule is CC12CC3CC(C(=O)Nc4nc5ccc(-c6ccncc6)nc5s4)CC(C1)C2C3. The summed E-state index contributed by atoms with van der Waals surface area (Å²) in [4.78, 5) is 27.3. The van der Waals surface area contributed by atoms with Gasteiger partial charge in [0.25, 0.3) is 0 Å². The third-order valence-corrected chi connectivity index (χ3v) is 8.45. The summed E-state index contributed by atoms with van der Waals surface area (Å²) in [7, 11) is 0. The largest absolute Gasteiger partial charge is 0.302 e. The summed E-state index contributed by atoms with van der Waals surface area (Å²) >= 11 is 1.46. The molecule has 5 atom stereocenters. The first-order valence-electron chi connectivity index (χ1n) is 10.6. The topological polar surface area (TPSA) is 67.8 Å². The normalized spacial score (nSPS) is 32.6. The highest BCUT2D eigenvalue weighted by molar-refractivity contribution is 7.22. The summed E-state index contributed by atoms with van der Waals surface area (Å²) in [6.45, 7) is 2.46. The molecule has 6 rings (SSSR count). The van der Waals surface area contributed by atoms with Crippen LogP contribution in [0.1, 0.15) is 39.0 Å². The van der Waals surface area contributed by atoms with Crippen LogP contribution in [0.5, 0.6) is 0 Å². The van der Waals surface area contributed by atoms with Gasteiger partial charge in [-0.3, -0.25) is 9.78 Å². The Morgan fingerprint density at radius 2 is 1.97 bits per heavy atom. The molecule has 3 aliphatic carbocycles. The first-order valence-corrected chi connectivity index (χ1v) is 11.4. The van der Waals surface area contributed by atoms with Gasteiger partial charge in [-0.25, -0.2) is 9.97 Å². The second kappa shape index (κ2) is 6.33. The van der Waals surface area contributed by atoms with Crippen molar-refractivity contribution in [2.75, 3.05) is 5.32 Å². The molecular formula is C23H24N4OS. The van der Waals surface area contributed by atoms with Crippen LogP contribution in [-0.2, 0) is 4.79 Å². The number of fused-ring (bicyclic) bond motifs is 2. The van der Waals surface area contributed by atoms with Gasteiger partial charge in [0.05, 0.1) is 5.69 Å². The number of rotatable bonds is 3. The average Bonchev–Trinajstić information content (AvgIpc) is 3.16. The smallest absolute Gasteiger partial charge is 0.229 e. The molecule has 0 radical (unpaired) electrons. The van der Waals surface area contributed by atoms with Crippen LogP contribution in [0.4, 0.5) is 5.13 Å². The molecule has 0 saturated heterocycles. The minimum atomic E-state index is 0.132. The number of pyridine rings is 2. The van der Waals surface area contributed by atoms with Crippen LogP contribution in [-0.4, -0.2) is 20.9 Å². The molecule has 0 aliphatic heterocycles. The molecule has 1 N–H and O–H groups in total. The molecule has 148 valence electrons. The Bertz CT molecular complexity index is 1090. The van der Waals surface area contributed by atoms with Gasteiger partial charge >= 0.3 is 0 Å². The van der Waals surface area contributed by atoms with Crippen molar-refractivity contribution in [3.63, 3.8) is 0 Å². The lowest BCUT2D eigenvalue weighted by atomic mass is 9.54. The van der Waals surface area contributed by atoms with E-state index in [-0.39, 0.29) is 11.8 Å². The van der Waals surface area contributed by atoms with Crippen molar-refractivity contribution in [2.45, 2.75) is 39.0 Å². The molecule has 0 spiro atoms. The van der Waals surface area contributed by atoms with E-state index < -0.39 is 0 Å². The minimum Gasteiger partial charge on any atom is -0.302 e. The Morgan fingerprint density at radius 1 is 1.10 bits per heavy atom. The number of hydrogen-bond acceptors (Lipinski definition) is 5. The zero-order valence-electron chi connectivity index (χ0n) is 16.5. The number of hydrogen-bond donors (Lipinski definition) is 1. The summed E-state index contributed by atoms with van der Waals surface area (Å²) in [6.07, 6.45) is 9.62. The van der Waals surface area contributed by atoms with Gasteiger partial charge in [0.2, 0.25) is 5.91 Å². The number of thiazole rings is 1. The van der Waals surface area contributed by atoms with Crippen LogP contribution >= 0.6 is 11.3 Å². The minimum absolute atomic E-state index is 0.132. The molecule has 3 aliphatic rings. The highest BCUT2D eigenvalue weighted by Gasteiger charge is 2.58. The van der Waals surface area contributed by atoms with E-state index in [1.54, 1.807) is 12.4 Å². The Hall–Kier alpha value is -2.34. The van der Waals surface area contributed by atoms with Crippen molar-refractivity contribution < 1.29 is 4.79 Å². The summed E-state index contributed by atoms with van der Waals surface area (Å²) in [5.74, 6) is 2.63. The number of anilines is 1. The molecule has 0 aromatic carbocycles. The lowest BCUT2D eigenvalue weighted by Crippen LogP contribution is -2.44. The van der Waals surface area contributed by atoms with Crippen molar-refractivity contribution in [2.24, 2.45) is 29.1 Å². The predicted molar refractivity (Wildman–Crippen MR) is 114 cm³/mol. The van der Waals surface area contributed by atoms with E-state index in [1.165, 1.54) is 30.6 Å². The number of carbonyl (C=O) groups excluding carboxylic acids is 1. The molecule has 3 aromatic heterocycles. The molecule has 3 saturated carbocycles. The van der Waals surface area contributed by atoms with E-state index in [0.29, 0.717) is 10.5 Å². The zero-order valence-corrected chi connectivity index (χ0v) is 17.3. The van der Waals surface area contributed by atoms with E-state index in [4.69, 9.17) is 4.98 Å². The third-order valence-electron chi connectivity index (χ3n) is 7.57. The molecule has 6 heteroatoms. The van der Waals surface area contributed by atoms with Gasteiger partial charge in [-0.2, -0.15) is 0 Å². The van der Waals surface area contributed by atoms with Gasteiger partial charge < -0.3 is 5.32 Å². The Labute approximate surface area is 174 Å². The highest BCUT2D eigenvalue weighted by atomic mass is 32.1. The Kier molecular flexibility index (Phi) is 3.82. The summed E-state index contributed by atoms with van der Waals surface area (Å²) in [5.41, 5.74) is 3.34. The van der Waals surface area contributed by atoms with Gasteiger partial charge in [-0.05, 0) is 79.5 Å². The van der Waals surface area contributed by atoms with Gasteiger partial charge in [-0.1, -0.05) is 18.3 Å². The fourth-order valence-electron chi connectivity index (χ4n) is 6.38. The fourth-order valence-corrected chi connectivity index (χ4v) is 7.22. The molecule has 5 unspecified atom stereocenters. The van der Waals surface area contributed by atoms with Crippen molar-refractivity contribution in [1.82, 2.24) is 15.0 Å².